The number of anilines is 1. The third-order valence-electron chi connectivity index (χ3n) is 6.85. The highest BCUT2D eigenvalue weighted by molar-refractivity contribution is 7.89. The Hall–Kier alpha value is -2.71. The minimum atomic E-state index is -3.52. The largest absolute Gasteiger partial charge is 0.342 e. The lowest BCUT2D eigenvalue weighted by Crippen LogP contribution is -2.44. The van der Waals surface area contributed by atoms with Gasteiger partial charge in [-0.15, -0.1) is 0 Å². The van der Waals surface area contributed by atoms with E-state index in [4.69, 9.17) is 0 Å². The second kappa shape index (κ2) is 10.7. The minimum absolute atomic E-state index is 0.0327. The molecule has 34 heavy (non-hydrogen) atoms. The van der Waals surface area contributed by atoms with E-state index in [1.807, 2.05) is 30.3 Å². The van der Waals surface area contributed by atoms with Crippen LogP contribution in [0.1, 0.15) is 38.2 Å². The zero-order chi connectivity index (χ0) is 24.1. The van der Waals surface area contributed by atoms with Crippen LogP contribution in [0.4, 0.5) is 5.69 Å². The molecule has 0 spiro atoms. The van der Waals surface area contributed by atoms with Gasteiger partial charge in [-0.3, -0.25) is 9.59 Å². The average molecular weight is 484 g/mol. The number of rotatable bonds is 6. The van der Waals surface area contributed by atoms with E-state index in [2.05, 4.69) is 12.2 Å². The van der Waals surface area contributed by atoms with Crippen molar-refractivity contribution in [1.29, 1.82) is 0 Å². The molecule has 2 aliphatic heterocycles. The second-order valence-corrected chi connectivity index (χ2v) is 11.4. The van der Waals surface area contributed by atoms with Crippen LogP contribution in [0.25, 0.3) is 0 Å². The van der Waals surface area contributed by atoms with Crippen molar-refractivity contribution in [2.24, 2.45) is 11.8 Å². The van der Waals surface area contributed by atoms with Crippen LogP contribution in [0.15, 0.2) is 59.5 Å². The molecule has 1 unspecified atom stereocenters. The Balaban J connectivity index is 1.33. The fraction of sp³-hybridized carbons (Fsp3) is 0.462. The fourth-order valence-corrected chi connectivity index (χ4v) is 6.10. The molecular weight excluding hydrogens is 450 g/mol. The summed E-state index contributed by atoms with van der Waals surface area (Å²) >= 11 is 0. The Bertz CT molecular complexity index is 1090. The molecule has 2 heterocycles. The molecule has 8 heteroatoms. The SMILES string of the molecule is CC1CCN(S(=O)(=O)c2ccc(NC(=O)C3CCCN(C(=O)Cc4ccccc4)C3)cc2)CC1. The number of amides is 2. The molecule has 2 fully saturated rings. The summed E-state index contributed by atoms with van der Waals surface area (Å²) in [6.07, 6.45) is 3.59. The van der Waals surface area contributed by atoms with E-state index in [9.17, 15) is 18.0 Å². The van der Waals surface area contributed by atoms with Gasteiger partial charge in [-0.25, -0.2) is 8.42 Å². The third-order valence-corrected chi connectivity index (χ3v) is 8.76. The van der Waals surface area contributed by atoms with Crippen molar-refractivity contribution < 1.29 is 18.0 Å². The van der Waals surface area contributed by atoms with E-state index in [1.54, 1.807) is 33.5 Å². The summed E-state index contributed by atoms with van der Waals surface area (Å²) in [7, 11) is -3.52. The van der Waals surface area contributed by atoms with Crippen LogP contribution >= 0.6 is 0 Å². The van der Waals surface area contributed by atoms with Gasteiger partial charge in [0.15, 0.2) is 0 Å². The lowest BCUT2D eigenvalue weighted by molar-refractivity contribution is -0.133. The van der Waals surface area contributed by atoms with Crippen molar-refractivity contribution in [2.45, 2.75) is 43.9 Å². The summed E-state index contributed by atoms with van der Waals surface area (Å²) < 4.78 is 27.4. The quantitative estimate of drug-likeness (QED) is 0.681. The van der Waals surface area contributed by atoms with Gasteiger partial charge >= 0.3 is 0 Å². The number of likely N-dealkylation sites (tertiary alicyclic amines) is 1. The highest BCUT2D eigenvalue weighted by Crippen LogP contribution is 2.25. The van der Waals surface area contributed by atoms with Gasteiger partial charge in [0.25, 0.3) is 0 Å². The highest BCUT2D eigenvalue weighted by Gasteiger charge is 2.30. The zero-order valence-electron chi connectivity index (χ0n) is 19.7. The van der Waals surface area contributed by atoms with E-state index < -0.39 is 10.0 Å². The molecular formula is C26H33N3O4S. The van der Waals surface area contributed by atoms with Crippen LogP contribution in [0.2, 0.25) is 0 Å². The predicted octanol–water partition coefficient (Wildman–Crippen LogP) is 3.53. The Morgan fingerprint density at radius 3 is 2.29 bits per heavy atom. The summed E-state index contributed by atoms with van der Waals surface area (Å²) in [6, 6.07) is 16.0. The Morgan fingerprint density at radius 2 is 1.62 bits per heavy atom. The number of nitrogens with one attached hydrogen (secondary N) is 1. The van der Waals surface area contributed by atoms with Crippen LogP contribution in [0.3, 0.4) is 0 Å². The van der Waals surface area contributed by atoms with Crippen molar-refractivity contribution in [3.05, 3.63) is 60.2 Å². The molecule has 1 N–H and O–H groups in total. The number of carbonyl (C=O) groups excluding carboxylic acids is 2. The molecule has 0 bridgehead atoms. The van der Waals surface area contributed by atoms with Crippen molar-refractivity contribution >= 4 is 27.5 Å². The first kappa shape index (κ1) is 24.4. The second-order valence-electron chi connectivity index (χ2n) is 9.44. The van der Waals surface area contributed by atoms with Gasteiger partial charge in [0.1, 0.15) is 0 Å². The molecule has 2 saturated heterocycles. The van der Waals surface area contributed by atoms with E-state index >= 15 is 0 Å². The molecule has 4 rings (SSSR count). The molecule has 0 saturated carbocycles. The summed E-state index contributed by atoms with van der Waals surface area (Å²) in [5, 5.41) is 2.90. The Morgan fingerprint density at radius 1 is 0.941 bits per heavy atom. The maximum atomic E-state index is 12.9. The number of hydrogen-bond acceptors (Lipinski definition) is 4. The predicted molar refractivity (Wildman–Crippen MR) is 132 cm³/mol. The first-order valence-corrected chi connectivity index (χ1v) is 13.5. The first-order chi connectivity index (χ1) is 16.3. The summed E-state index contributed by atoms with van der Waals surface area (Å²) in [6.45, 7) is 4.30. The molecule has 2 aromatic rings. The molecule has 2 amide bonds. The smallest absolute Gasteiger partial charge is 0.243 e. The third kappa shape index (κ3) is 5.85. The topological polar surface area (TPSA) is 86.8 Å². The van der Waals surface area contributed by atoms with E-state index in [-0.39, 0.29) is 22.6 Å². The average Bonchev–Trinajstić information content (AvgIpc) is 2.85. The molecule has 0 aliphatic carbocycles. The van der Waals surface area contributed by atoms with Crippen LogP contribution in [0.5, 0.6) is 0 Å². The van der Waals surface area contributed by atoms with Crippen molar-refractivity contribution in [2.75, 3.05) is 31.5 Å². The molecule has 182 valence electrons. The molecule has 0 aromatic heterocycles. The monoisotopic (exact) mass is 483 g/mol. The van der Waals surface area contributed by atoms with Gasteiger partial charge < -0.3 is 10.2 Å². The van der Waals surface area contributed by atoms with Crippen LogP contribution in [-0.4, -0.2) is 55.6 Å². The molecule has 2 aromatic carbocycles. The van der Waals surface area contributed by atoms with E-state index in [0.717, 1.165) is 31.2 Å². The summed E-state index contributed by atoms with van der Waals surface area (Å²) in [5.74, 6) is 0.156. The molecule has 1 atom stereocenters. The van der Waals surface area contributed by atoms with Gasteiger partial charge in [0, 0.05) is 31.9 Å². The van der Waals surface area contributed by atoms with Crippen LogP contribution < -0.4 is 5.32 Å². The van der Waals surface area contributed by atoms with Gasteiger partial charge in [-0.2, -0.15) is 4.31 Å². The number of piperidine rings is 2. The minimum Gasteiger partial charge on any atom is -0.342 e. The number of carbonyl (C=O) groups is 2. The maximum Gasteiger partial charge on any atom is 0.243 e. The highest BCUT2D eigenvalue weighted by atomic mass is 32.2. The van der Waals surface area contributed by atoms with Crippen LogP contribution in [-0.2, 0) is 26.0 Å². The zero-order valence-corrected chi connectivity index (χ0v) is 20.5. The van der Waals surface area contributed by atoms with Gasteiger partial charge in [-0.1, -0.05) is 37.3 Å². The van der Waals surface area contributed by atoms with Crippen molar-refractivity contribution in [3.63, 3.8) is 0 Å². The lowest BCUT2D eigenvalue weighted by Gasteiger charge is -2.32. The first-order valence-electron chi connectivity index (χ1n) is 12.1. The van der Waals surface area contributed by atoms with Gasteiger partial charge in [0.2, 0.25) is 21.8 Å². The molecule has 2 aliphatic rings. The standard InChI is InChI=1S/C26H33N3O4S/c1-20-13-16-29(17-14-20)34(32,33)24-11-9-23(10-12-24)27-26(31)22-8-5-15-28(19-22)25(30)18-21-6-3-2-4-7-21/h2-4,6-7,9-12,20,22H,5,8,13-19H2,1H3,(H,27,31). The molecule has 0 radical (unpaired) electrons. The number of benzene rings is 2. The fourth-order valence-electron chi connectivity index (χ4n) is 4.63. The number of sulfonamides is 1. The number of nitrogens with zero attached hydrogens (tertiary/aromatic N) is 2. The molecule has 7 nitrogen and oxygen atoms in total. The number of hydrogen-bond donors (Lipinski definition) is 1. The van der Waals surface area contributed by atoms with E-state index in [0.29, 0.717) is 44.2 Å². The van der Waals surface area contributed by atoms with Crippen molar-refractivity contribution in [3.8, 4) is 0 Å². The Labute approximate surface area is 202 Å². The van der Waals surface area contributed by atoms with Crippen molar-refractivity contribution in [1.82, 2.24) is 9.21 Å². The van der Waals surface area contributed by atoms with Gasteiger partial charge in [0.05, 0.1) is 17.2 Å². The Kier molecular flexibility index (Phi) is 7.68. The summed E-state index contributed by atoms with van der Waals surface area (Å²) in [5.41, 5.74) is 1.53. The van der Waals surface area contributed by atoms with Crippen LogP contribution in [0, 0.1) is 11.8 Å². The van der Waals surface area contributed by atoms with E-state index in [1.165, 1.54) is 0 Å². The maximum absolute atomic E-state index is 12.9. The summed E-state index contributed by atoms with van der Waals surface area (Å²) in [4.78, 5) is 27.6. The van der Waals surface area contributed by atoms with Gasteiger partial charge in [-0.05, 0) is 61.4 Å². The lowest BCUT2D eigenvalue weighted by atomic mass is 9.96. The normalized spacial score (nSPS) is 20.1.